The summed E-state index contributed by atoms with van der Waals surface area (Å²) in [6.45, 7) is 8.12. The van der Waals surface area contributed by atoms with E-state index in [1.165, 1.54) is 4.90 Å². The van der Waals surface area contributed by atoms with Gasteiger partial charge in [-0.1, -0.05) is 48.0 Å². The molecule has 38 nitrogen and oxygen atoms in total. The van der Waals surface area contributed by atoms with Gasteiger partial charge in [-0.2, -0.15) is 11.8 Å². The lowest BCUT2D eigenvalue weighted by Gasteiger charge is -2.32. The molecular formula is C60H102N19O19PS. The minimum Gasteiger partial charge on any atom is -0.370 e. The number of urea groups is 1. The molecule has 0 bridgehead atoms. The molecule has 21 N–H and O–H groups in total. The number of fused-ring (bicyclic) bond motifs is 1. The maximum absolute atomic E-state index is 14.5. The van der Waals surface area contributed by atoms with E-state index in [1.807, 2.05) is 13.8 Å². The SMILES string of the molecule is CC(C)C[C@H](NC(=O)CNC(=O)CNC(=O)CNC(=O)CNC(=O)CNC(=O)CCCC[C@@H]1SC[C@@H]2NC(=O)N[C@@H]21)C(=O)NCC(=O)N[C@H](C(=O)N1CCC[C@H]1C(=O)N[C@@H](CC(C)C)C(=O)N[C@@H](CCCN=C(N)N)C(=O)N[C@@H](CC(C)C)C(=O)N1CCC[C@H]1C(N)=O)[C@@H](C)OP(=O)(O)O. The van der Waals surface area contributed by atoms with Gasteiger partial charge in [0, 0.05) is 37.1 Å². The summed E-state index contributed by atoms with van der Waals surface area (Å²) in [4.78, 5) is 223. The summed E-state index contributed by atoms with van der Waals surface area (Å²) in [5, 5.41) is 32.8. The minimum absolute atomic E-state index is 0.00332. The first-order valence-corrected chi connectivity index (χ1v) is 36.1. The summed E-state index contributed by atoms with van der Waals surface area (Å²) in [6.07, 6.45) is 1.92. The standard InChI is InChI=1S/C60H102N19O19PS/c1-31(2)21-36(71-48(85)28-69-47(84)27-68-46(83)26-67-45(82)25-66-44(81)24-65-43(80)17-9-8-16-42-51-39(30-100-42)75-60(94)77-51)53(88)70-29-49(86)76-50(34(7)98-99(95,96)97)58(93)79-20-12-15-41(79)56(91)73-37(22-32(3)4)55(90)72-35(13-10-18-64-59(62)63)54(89)74-38(23-33(5)6)57(92)78-19-11-14-40(78)52(61)87/h31-42,50-51H,8-30H2,1-7H3,(H2,61,87)(H,65,80)(H,66,81)(H,67,82)(H,68,83)(H,69,84)(H,70,88)(H,71,85)(H,72,90)(H,73,91)(H,74,89)(H,76,86)(H4,62,63,64)(H2,75,77,94)(H2,95,96,97)/t34-,35+,36+,37+,38+,39+,40+,41+,42+,50+,51+/m1/s1. The van der Waals surface area contributed by atoms with Crippen LogP contribution in [-0.2, 0) is 76.2 Å². The fourth-order valence-corrected chi connectivity index (χ4v) is 13.7. The Labute approximate surface area is 584 Å². The lowest BCUT2D eigenvalue weighted by Crippen LogP contribution is -2.60. The monoisotopic (exact) mass is 1460 g/mol. The number of phosphoric acid groups is 1. The molecule has 0 radical (unpaired) electrons. The Morgan fingerprint density at radius 3 is 1.59 bits per heavy atom. The van der Waals surface area contributed by atoms with Crippen LogP contribution < -0.4 is 86.3 Å². The molecule has 0 unspecified atom stereocenters. The quantitative estimate of drug-likeness (QED) is 0.00889. The topological polar surface area (TPSA) is 576 Å². The molecule has 4 fully saturated rings. The Morgan fingerprint density at radius 2 is 1.05 bits per heavy atom. The Kier molecular flexibility index (Phi) is 34.7. The van der Waals surface area contributed by atoms with Crippen LogP contribution in [0.3, 0.4) is 0 Å². The Bertz CT molecular complexity index is 3010. The van der Waals surface area contributed by atoms with Gasteiger partial charge in [0.1, 0.15) is 42.3 Å². The molecular weight excluding hydrogens is 1350 g/mol. The molecule has 0 saturated carbocycles. The number of hydrogen-bond acceptors (Lipinski definition) is 19. The van der Waals surface area contributed by atoms with Gasteiger partial charge in [-0.05, 0) is 95.3 Å². The van der Waals surface area contributed by atoms with E-state index in [-0.39, 0.29) is 131 Å². The van der Waals surface area contributed by atoms with Gasteiger partial charge in [-0.25, -0.2) is 9.36 Å². The predicted molar refractivity (Wildman–Crippen MR) is 361 cm³/mol. The number of nitrogens with one attached hydrogen (secondary N) is 13. The summed E-state index contributed by atoms with van der Waals surface area (Å²) >= 11 is 1.77. The largest absolute Gasteiger partial charge is 0.469 e. The van der Waals surface area contributed by atoms with E-state index in [9.17, 15) is 86.3 Å². The Hall–Kier alpha value is -8.42. The van der Waals surface area contributed by atoms with Crippen molar-refractivity contribution in [3.63, 3.8) is 0 Å². The number of hydrogen-bond donors (Lipinski definition) is 18. The number of amides is 16. The minimum atomic E-state index is -5.37. The third-order valence-electron chi connectivity index (χ3n) is 16.4. The molecule has 0 aliphatic carbocycles. The van der Waals surface area contributed by atoms with Crippen molar-refractivity contribution in [3.8, 4) is 0 Å². The first-order valence-electron chi connectivity index (χ1n) is 33.5. The normalized spacial score (nSPS) is 19.6. The number of rotatable bonds is 42. The third kappa shape index (κ3) is 29.8. The zero-order valence-electron chi connectivity index (χ0n) is 57.6. The van der Waals surface area contributed by atoms with Crippen LogP contribution in [0.2, 0.25) is 0 Å². The second-order valence-electron chi connectivity index (χ2n) is 26.2. The van der Waals surface area contributed by atoms with E-state index >= 15 is 0 Å². The van der Waals surface area contributed by atoms with Crippen molar-refractivity contribution < 1.29 is 90.8 Å². The van der Waals surface area contributed by atoms with Crippen LogP contribution in [-0.4, -0.2) is 245 Å². The van der Waals surface area contributed by atoms with Gasteiger partial charge >= 0.3 is 13.9 Å². The van der Waals surface area contributed by atoms with Crippen molar-refractivity contribution in [1.29, 1.82) is 0 Å². The number of unbranched alkanes of at least 4 members (excludes halogenated alkanes) is 1. The van der Waals surface area contributed by atoms with E-state index < -0.39 is 166 Å². The van der Waals surface area contributed by atoms with E-state index in [4.69, 9.17) is 21.7 Å². The van der Waals surface area contributed by atoms with Crippen LogP contribution in [0.1, 0.15) is 132 Å². The van der Waals surface area contributed by atoms with Crippen LogP contribution >= 0.6 is 19.6 Å². The van der Waals surface area contributed by atoms with Gasteiger partial charge in [0.05, 0.1) is 57.5 Å². The molecule has 562 valence electrons. The highest BCUT2D eigenvalue weighted by Gasteiger charge is 2.45. The fourth-order valence-electron chi connectivity index (χ4n) is 11.6. The Morgan fingerprint density at radius 1 is 0.570 bits per heavy atom. The third-order valence-corrected chi connectivity index (χ3v) is 18.5. The molecule has 100 heavy (non-hydrogen) atoms. The van der Waals surface area contributed by atoms with E-state index in [1.54, 1.807) is 39.5 Å². The molecule has 4 heterocycles. The van der Waals surface area contributed by atoms with Gasteiger partial charge in [0.25, 0.3) is 0 Å². The number of primary amides is 1. The van der Waals surface area contributed by atoms with Gasteiger partial charge in [-0.15, -0.1) is 0 Å². The second-order valence-corrected chi connectivity index (χ2v) is 28.7. The van der Waals surface area contributed by atoms with Gasteiger partial charge in [0.15, 0.2) is 5.96 Å². The molecule has 11 atom stereocenters. The molecule has 4 saturated heterocycles. The summed E-state index contributed by atoms with van der Waals surface area (Å²) in [6, 6.07) is -9.22. The lowest BCUT2D eigenvalue weighted by atomic mass is 10.00. The van der Waals surface area contributed by atoms with E-state index in [0.717, 1.165) is 30.4 Å². The van der Waals surface area contributed by atoms with Gasteiger partial charge < -0.3 is 106 Å². The molecule has 4 aliphatic heterocycles. The van der Waals surface area contributed by atoms with Crippen molar-refractivity contribution >= 4 is 114 Å². The number of carbonyl (C=O) groups is 15. The second kappa shape index (κ2) is 41.4. The van der Waals surface area contributed by atoms with Crippen molar-refractivity contribution in [3.05, 3.63) is 0 Å². The zero-order chi connectivity index (χ0) is 74.6. The summed E-state index contributed by atoms with van der Waals surface area (Å²) in [5.74, 6) is -11.0. The van der Waals surface area contributed by atoms with Crippen LogP contribution in [0.25, 0.3) is 0 Å². The summed E-state index contributed by atoms with van der Waals surface area (Å²) in [5.41, 5.74) is 16.6. The van der Waals surface area contributed by atoms with E-state index in [0.29, 0.717) is 19.3 Å². The maximum Gasteiger partial charge on any atom is 0.469 e. The predicted octanol–water partition coefficient (Wildman–Crippen LogP) is -6.01. The van der Waals surface area contributed by atoms with Gasteiger partial charge in [-0.3, -0.25) is 76.6 Å². The first kappa shape index (κ1) is 84.0. The number of thioether (sulfide) groups is 1. The van der Waals surface area contributed by atoms with Crippen LogP contribution in [0.15, 0.2) is 4.99 Å². The molecule has 16 amide bonds. The number of aliphatic imine (C=N–C) groups is 1. The van der Waals surface area contributed by atoms with Crippen LogP contribution in [0.4, 0.5) is 4.79 Å². The zero-order valence-corrected chi connectivity index (χ0v) is 59.3. The molecule has 0 aromatic rings. The van der Waals surface area contributed by atoms with Crippen molar-refractivity contribution in [1.82, 2.24) is 78.9 Å². The Balaban J connectivity index is 1.28. The summed E-state index contributed by atoms with van der Waals surface area (Å²) in [7, 11) is -5.37. The molecule has 4 aliphatic rings. The number of carbonyl (C=O) groups excluding carboxylic acids is 15. The molecule has 4 rings (SSSR count). The average Bonchev–Trinajstić information content (AvgIpc) is 1.62. The van der Waals surface area contributed by atoms with Crippen LogP contribution in [0, 0.1) is 17.8 Å². The fraction of sp³-hybridized carbons (Fsp3) is 0.733. The van der Waals surface area contributed by atoms with Crippen molar-refractivity contribution in [2.75, 3.05) is 64.7 Å². The highest BCUT2D eigenvalue weighted by molar-refractivity contribution is 8.00. The smallest absolute Gasteiger partial charge is 0.370 e. The number of guanidine groups is 1. The maximum atomic E-state index is 14.5. The number of nitrogens with two attached hydrogens (primary N) is 3. The molecule has 0 aromatic carbocycles. The number of likely N-dealkylation sites (tertiary alicyclic amines) is 2. The molecule has 0 aromatic heterocycles. The summed E-state index contributed by atoms with van der Waals surface area (Å²) < 4.78 is 17.0. The number of nitrogens with zero attached hydrogens (tertiary/aromatic N) is 3. The first-order chi connectivity index (χ1) is 47.0. The highest BCUT2D eigenvalue weighted by atomic mass is 32.2. The highest BCUT2D eigenvalue weighted by Crippen LogP contribution is 2.39. The molecule has 40 heteroatoms. The van der Waals surface area contributed by atoms with Crippen molar-refractivity contribution in [2.45, 2.75) is 198 Å². The van der Waals surface area contributed by atoms with Gasteiger partial charge in [0.2, 0.25) is 82.7 Å². The number of phosphoric ester groups is 1. The van der Waals surface area contributed by atoms with E-state index in [2.05, 4.69) is 74.1 Å². The average molecular weight is 1460 g/mol. The van der Waals surface area contributed by atoms with Crippen LogP contribution in [0.5, 0.6) is 0 Å². The van der Waals surface area contributed by atoms with Crippen molar-refractivity contribution in [2.24, 2.45) is 39.9 Å². The lowest BCUT2D eigenvalue weighted by molar-refractivity contribution is -0.144. The molecule has 0 spiro atoms.